The maximum absolute atomic E-state index is 12.8. The van der Waals surface area contributed by atoms with Crippen LogP contribution in [0.4, 0.5) is 0 Å². The summed E-state index contributed by atoms with van der Waals surface area (Å²) in [4.78, 5) is 12.8. The molecule has 1 heterocycles. The number of hydrogen-bond donors (Lipinski definition) is 1. The molecule has 0 unspecified atom stereocenters. The van der Waals surface area contributed by atoms with Crippen LogP contribution in [0.3, 0.4) is 0 Å². The molecule has 1 saturated heterocycles. The fraction of sp³-hybridized carbons (Fsp3) is 0.190. The molecule has 1 aliphatic heterocycles. The molecule has 136 valence electrons. The van der Waals surface area contributed by atoms with Crippen molar-refractivity contribution < 1.29 is 14.3 Å². The second-order valence-electron chi connectivity index (χ2n) is 5.82. The first kappa shape index (κ1) is 19.8. The average molecular weight is 372 g/mol. The number of ketones is 1. The number of halogens is 1. The van der Waals surface area contributed by atoms with E-state index in [1.807, 2.05) is 60.7 Å². The highest BCUT2D eigenvalue weighted by molar-refractivity contribution is 6.14. The van der Waals surface area contributed by atoms with Crippen LogP contribution in [-0.2, 0) is 4.79 Å². The largest absolute Gasteiger partial charge is 0.497 e. The molecule has 1 N–H and O–H groups in total. The number of hydrogen-bond acceptors (Lipinski definition) is 4. The van der Waals surface area contributed by atoms with E-state index in [2.05, 4.69) is 5.32 Å². The lowest BCUT2D eigenvalue weighted by Gasteiger charge is -2.18. The van der Waals surface area contributed by atoms with Gasteiger partial charge in [-0.2, -0.15) is 0 Å². The number of carbonyl (C=O) groups is 1. The monoisotopic (exact) mass is 371 g/mol. The van der Waals surface area contributed by atoms with Crippen molar-refractivity contribution in [2.45, 2.75) is 0 Å². The molecule has 26 heavy (non-hydrogen) atoms. The maximum atomic E-state index is 12.8. The summed E-state index contributed by atoms with van der Waals surface area (Å²) in [5.74, 6) is 1.69. The molecular weight excluding hydrogens is 350 g/mol. The Hall–Kier alpha value is -2.56. The number of nitrogens with one attached hydrogen (secondary N) is 1. The fourth-order valence-electron chi connectivity index (χ4n) is 2.73. The lowest BCUT2D eigenvalue weighted by atomic mass is 9.95. The molecule has 1 fully saturated rings. The van der Waals surface area contributed by atoms with E-state index in [1.54, 1.807) is 14.2 Å². The van der Waals surface area contributed by atoms with E-state index in [-0.39, 0.29) is 18.2 Å². The Morgan fingerprint density at radius 3 is 1.50 bits per heavy atom. The van der Waals surface area contributed by atoms with E-state index in [0.717, 1.165) is 33.8 Å². The molecule has 0 atom stereocenters. The van der Waals surface area contributed by atoms with Gasteiger partial charge < -0.3 is 14.8 Å². The van der Waals surface area contributed by atoms with Crippen molar-refractivity contribution in [1.82, 2.24) is 5.32 Å². The van der Waals surface area contributed by atoms with Crippen molar-refractivity contribution in [3.05, 3.63) is 70.8 Å². The van der Waals surface area contributed by atoms with Crippen molar-refractivity contribution in [2.24, 2.45) is 0 Å². The third kappa shape index (κ3) is 4.75. The van der Waals surface area contributed by atoms with Gasteiger partial charge in [-0.25, -0.2) is 0 Å². The van der Waals surface area contributed by atoms with Crippen LogP contribution >= 0.6 is 12.4 Å². The van der Waals surface area contributed by atoms with E-state index < -0.39 is 0 Å². The second-order valence-corrected chi connectivity index (χ2v) is 5.82. The number of ether oxygens (including phenoxy) is 2. The maximum Gasteiger partial charge on any atom is 0.187 e. The van der Waals surface area contributed by atoms with Gasteiger partial charge in [0.05, 0.1) is 14.2 Å². The van der Waals surface area contributed by atoms with Gasteiger partial charge in [0, 0.05) is 24.2 Å². The number of carbonyl (C=O) groups excluding carboxylic acids is 1. The molecular formula is C21H22ClNO3. The van der Waals surface area contributed by atoms with Crippen LogP contribution in [0.2, 0.25) is 0 Å². The van der Waals surface area contributed by atoms with Crippen molar-refractivity contribution in [2.75, 3.05) is 27.3 Å². The molecule has 0 amide bonds. The van der Waals surface area contributed by atoms with Crippen molar-refractivity contribution >= 4 is 30.3 Å². The second kappa shape index (κ2) is 9.22. The third-order valence-electron chi connectivity index (χ3n) is 4.13. The number of Topliss-reactive ketones (excluding diaryl/α,β-unsaturated/α-hetero) is 1. The van der Waals surface area contributed by atoms with Gasteiger partial charge in [0.2, 0.25) is 0 Å². The Morgan fingerprint density at radius 2 is 1.15 bits per heavy atom. The SMILES string of the molecule is COc1ccc(/C=C2\CNC/C(=C\c3ccc(OC)cc3)C2=O)cc1.Cl. The number of benzene rings is 2. The highest BCUT2D eigenvalue weighted by atomic mass is 35.5. The van der Waals surface area contributed by atoms with Crippen molar-refractivity contribution in [3.63, 3.8) is 0 Å². The quantitative estimate of drug-likeness (QED) is 0.831. The van der Waals surface area contributed by atoms with Crippen LogP contribution in [-0.4, -0.2) is 33.1 Å². The Balaban J connectivity index is 0.00000243. The Morgan fingerprint density at radius 1 is 0.769 bits per heavy atom. The molecule has 5 heteroatoms. The minimum Gasteiger partial charge on any atom is -0.497 e. The molecule has 0 aliphatic carbocycles. The summed E-state index contributed by atoms with van der Waals surface area (Å²) in [5, 5.41) is 3.29. The molecule has 2 aromatic carbocycles. The zero-order valence-electron chi connectivity index (χ0n) is 14.8. The van der Waals surface area contributed by atoms with Gasteiger partial charge in [0.1, 0.15) is 11.5 Å². The standard InChI is InChI=1S/C21H21NO3.ClH/c1-24-19-7-3-15(4-8-19)11-17-13-22-14-18(21(17)23)12-16-5-9-20(25-2)10-6-16;/h3-12,22H,13-14H2,1-2H3;1H/b17-11+,18-12+;. The van der Waals surface area contributed by atoms with Gasteiger partial charge in [-0.15, -0.1) is 12.4 Å². The van der Waals surface area contributed by atoms with E-state index in [0.29, 0.717) is 13.1 Å². The summed E-state index contributed by atoms with van der Waals surface area (Å²) in [7, 11) is 3.27. The topological polar surface area (TPSA) is 47.6 Å². The van der Waals surface area contributed by atoms with Crippen LogP contribution in [0.1, 0.15) is 11.1 Å². The van der Waals surface area contributed by atoms with Gasteiger partial charge in [-0.1, -0.05) is 24.3 Å². The highest BCUT2D eigenvalue weighted by Crippen LogP contribution is 2.20. The molecule has 0 radical (unpaired) electrons. The first-order valence-electron chi connectivity index (χ1n) is 8.14. The lowest BCUT2D eigenvalue weighted by Crippen LogP contribution is -2.32. The Labute approximate surface area is 159 Å². The molecule has 0 spiro atoms. The molecule has 3 rings (SSSR count). The molecule has 0 saturated carbocycles. The predicted octanol–water partition coefficient (Wildman–Crippen LogP) is 3.76. The smallest absolute Gasteiger partial charge is 0.187 e. The number of piperidine rings is 1. The predicted molar refractivity (Wildman–Crippen MR) is 107 cm³/mol. The first-order chi connectivity index (χ1) is 12.2. The normalized spacial score (nSPS) is 17.1. The van der Waals surface area contributed by atoms with E-state index in [1.165, 1.54) is 0 Å². The average Bonchev–Trinajstić information content (AvgIpc) is 2.66. The van der Waals surface area contributed by atoms with Crippen LogP contribution in [0.25, 0.3) is 12.2 Å². The zero-order valence-corrected chi connectivity index (χ0v) is 15.6. The molecule has 2 aromatic rings. The van der Waals surface area contributed by atoms with Gasteiger partial charge in [0.25, 0.3) is 0 Å². The summed E-state index contributed by atoms with van der Waals surface area (Å²) in [6.45, 7) is 1.15. The third-order valence-corrected chi connectivity index (χ3v) is 4.13. The summed E-state index contributed by atoms with van der Waals surface area (Å²) in [6.07, 6.45) is 3.85. The van der Waals surface area contributed by atoms with E-state index in [9.17, 15) is 4.79 Å². The highest BCUT2D eigenvalue weighted by Gasteiger charge is 2.20. The minimum absolute atomic E-state index is 0. The summed E-state index contributed by atoms with van der Waals surface area (Å²) in [6, 6.07) is 15.3. The van der Waals surface area contributed by atoms with Gasteiger partial charge in [0.15, 0.2) is 5.78 Å². The first-order valence-corrected chi connectivity index (χ1v) is 8.14. The number of methoxy groups -OCH3 is 2. The van der Waals surface area contributed by atoms with Crippen LogP contribution in [0, 0.1) is 0 Å². The molecule has 0 bridgehead atoms. The van der Waals surface area contributed by atoms with Crippen LogP contribution in [0.5, 0.6) is 11.5 Å². The summed E-state index contributed by atoms with van der Waals surface area (Å²) >= 11 is 0. The Bertz CT molecular complexity index is 741. The Kier molecular flexibility index (Phi) is 7.01. The zero-order chi connectivity index (χ0) is 17.6. The fourth-order valence-corrected chi connectivity index (χ4v) is 2.73. The van der Waals surface area contributed by atoms with E-state index in [4.69, 9.17) is 9.47 Å². The number of rotatable bonds is 4. The molecule has 0 aromatic heterocycles. The molecule has 4 nitrogen and oxygen atoms in total. The minimum atomic E-state index is 0. The lowest BCUT2D eigenvalue weighted by molar-refractivity contribution is -0.112. The molecule has 1 aliphatic rings. The summed E-state index contributed by atoms with van der Waals surface area (Å²) < 4.78 is 10.3. The van der Waals surface area contributed by atoms with E-state index >= 15 is 0 Å². The van der Waals surface area contributed by atoms with Gasteiger partial charge in [-0.05, 0) is 47.5 Å². The van der Waals surface area contributed by atoms with Crippen molar-refractivity contribution in [3.8, 4) is 11.5 Å². The van der Waals surface area contributed by atoms with Gasteiger partial charge >= 0.3 is 0 Å². The van der Waals surface area contributed by atoms with Gasteiger partial charge in [-0.3, -0.25) is 4.79 Å². The van der Waals surface area contributed by atoms with Crippen LogP contribution in [0.15, 0.2) is 59.7 Å². The van der Waals surface area contributed by atoms with Crippen molar-refractivity contribution in [1.29, 1.82) is 0 Å². The summed E-state index contributed by atoms with van der Waals surface area (Å²) in [5.41, 5.74) is 3.49. The van der Waals surface area contributed by atoms with Crippen LogP contribution < -0.4 is 14.8 Å².